The van der Waals surface area contributed by atoms with Crippen LogP contribution in [0.5, 0.6) is 0 Å². The van der Waals surface area contributed by atoms with Crippen LogP contribution in [-0.4, -0.2) is 0 Å². The van der Waals surface area contributed by atoms with Gasteiger partial charge in [-0.1, -0.05) is 0 Å². The normalized spacial score (nSPS) is 9.50. The summed E-state index contributed by atoms with van der Waals surface area (Å²) in [5.74, 6) is 0.470. The summed E-state index contributed by atoms with van der Waals surface area (Å²) >= 11 is 7.91. The highest BCUT2D eigenvalue weighted by atomic mass is 127. The van der Waals surface area contributed by atoms with Crippen LogP contribution in [0.3, 0.4) is 0 Å². The average Bonchev–Trinajstić information content (AvgIpc) is 2.08. The topological polar surface area (TPSA) is 23.8 Å². The van der Waals surface area contributed by atoms with E-state index in [1.54, 1.807) is 0 Å². The van der Waals surface area contributed by atoms with Crippen molar-refractivity contribution in [1.29, 1.82) is 5.26 Å². The lowest BCUT2D eigenvalue weighted by atomic mass is 10.0. The first-order valence-electron chi connectivity index (χ1n) is 3.44. The Morgan fingerprint density at radius 3 is 2.75 bits per heavy atom. The van der Waals surface area contributed by atoms with Gasteiger partial charge in [0.2, 0.25) is 0 Å². The van der Waals surface area contributed by atoms with Gasteiger partial charge in [0.05, 0.1) is 11.6 Å². The van der Waals surface area contributed by atoms with E-state index < -0.39 is 0 Å². The molecule has 0 radical (unpaired) electrons. The van der Waals surface area contributed by atoms with Gasteiger partial charge in [-0.05, 0) is 52.8 Å². The summed E-state index contributed by atoms with van der Waals surface area (Å²) < 4.78 is 1.06. The molecule has 0 unspecified atom stereocenters. The lowest BCUT2D eigenvalue weighted by Crippen LogP contribution is -1.91. The Labute approximate surface area is 90.5 Å². The number of alkyl halides is 1. The highest BCUT2D eigenvalue weighted by Crippen LogP contribution is 2.19. The summed E-state index contributed by atoms with van der Waals surface area (Å²) in [4.78, 5) is 0. The number of nitrogens with zero attached hydrogens (tertiary/aromatic N) is 1. The van der Waals surface area contributed by atoms with E-state index in [-0.39, 0.29) is 0 Å². The van der Waals surface area contributed by atoms with Crippen LogP contribution < -0.4 is 0 Å². The highest BCUT2D eigenvalue weighted by Gasteiger charge is 2.04. The standard InChI is InChI=1S/C9H7ClIN/c1-6-7(4-10)2-9(11)3-8(6)5-12/h2-3H,4H2,1H3. The second kappa shape index (κ2) is 4.11. The Balaban J connectivity index is 3.34. The lowest BCUT2D eigenvalue weighted by Gasteiger charge is -2.04. The monoisotopic (exact) mass is 291 g/mol. The van der Waals surface area contributed by atoms with Crippen molar-refractivity contribution >= 4 is 34.2 Å². The van der Waals surface area contributed by atoms with E-state index in [9.17, 15) is 0 Å². The van der Waals surface area contributed by atoms with Gasteiger partial charge in [0.15, 0.2) is 0 Å². The van der Waals surface area contributed by atoms with E-state index in [1.807, 2.05) is 19.1 Å². The first kappa shape index (κ1) is 9.82. The van der Waals surface area contributed by atoms with E-state index in [0.717, 1.165) is 20.3 Å². The average molecular weight is 292 g/mol. The minimum Gasteiger partial charge on any atom is -0.192 e. The van der Waals surface area contributed by atoms with Crippen LogP contribution in [0.2, 0.25) is 0 Å². The molecule has 0 heterocycles. The van der Waals surface area contributed by atoms with E-state index in [0.29, 0.717) is 5.88 Å². The maximum atomic E-state index is 8.77. The fourth-order valence-electron chi connectivity index (χ4n) is 0.990. The Morgan fingerprint density at radius 1 is 1.58 bits per heavy atom. The van der Waals surface area contributed by atoms with Crippen molar-refractivity contribution in [3.8, 4) is 6.07 Å². The molecule has 0 aliphatic heterocycles. The molecule has 0 amide bonds. The highest BCUT2D eigenvalue weighted by molar-refractivity contribution is 14.1. The lowest BCUT2D eigenvalue weighted by molar-refractivity contribution is 1.26. The molecule has 1 nitrogen and oxygen atoms in total. The van der Waals surface area contributed by atoms with Gasteiger partial charge in [0, 0.05) is 9.45 Å². The summed E-state index contributed by atoms with van der Waals surface area (Å²) in [7, 11) is 0. The number of hydrogen-bond donors (Lipinski definition) is 0. The third-order valence-electron chi connectivity index (χ3n) is 1.74. The minimum atomic E-state index is 0.470. The van der Waals surface area contributed by atoms with Gasteiger partial charge in [-0.3, -0.25) is 0 Å². The van der Waals surface area contributed by atoms with Crippen LogP contribution in [0, 0.1) is 21.8 Å². The molecule has 0 saturated heterocycles. The van der Waals surface area contributed by atoms with E-state index in [2.05, 4.69) is 28.7 Å². The molecule has 0 aromatic heterocycles. The van der Waals surface area contributed by atoms with Crippen molar-refractivity contribution in [3.05, 3.63) is 32.4 Å². The van der Waals surface area contributed by atoms with Crippen LogP contribution in [-0.2, 0) is 5.88 Å². The molecule has 0 N–H and O–H groups in total. The van der Waals surface area contributed by atoms with E-state index >= 15 is 0 Å². The fourth-order valence-corrected chi connectivity index (χ4v) is 1.96. The number of hydrogen-bond acceptors (Lipinski definition) is 1. The van der Waals surface area contributed by atoms with Gasteiger partial charge in [0.25, 0.3) is 0 Å². The zero-order valence-electron chi connectivity index (χ0n) is 6.56. The zero-order chi connectivity index (χ0) is 9.14. The van der Waals surface area contributed by atoms with Crippen molar-refractivity contribution in [2.24, 2.45) is 0 Å². The maximum absolute atomic E-state index is 8.77. The van der Waals surface area contributed by atoms with Gasteiger partial charge in [-0.15, -0.1) is 11.6 Å². The summed E-state index contributed by atoms with van der Waals surface area (Å²) in [6.07, 6.45) is 0. The van der Waals surface area contributed by atoms with E-state index in [4.69, 9.17) is 16.9 Å². The summed E-state index contributed by atoms with van der Waals surface area (Å²) in [6.45, 7) is 1.92. The Bertz CT molecular complexity index is 341. The molecule has 0 aliphatic carbocycles. The molecule has 0 saturated carbocycles. The molecule has 0 spiro atoms. The first-order valence-corrected chi connectivity index (χ1v) is 5.05. The molecular formula is C9H7ClIN. The Kier molecular flexibility index (Phi) is 3.36. The third-order valence-corrected chi connectivity index (χ3v) is 2.66. The molecule has 0 fully saturated rings. The quantitative estimate of drug-likeness (QED) is 0.576. The first-order chi connectivity index (χ1) is 5.69. The fraction of sp³-hybridized carbons (Fsp3) is 0.222. The Morgan fingerprint density at radius 2 is 2.25 bits per heavy atom. The molecule has 3 heteroatoms. The number of halogens is 2. The van der Waals surface area contributed by atoms with Gasteiger partial charge < -0.3 is 0 Å². The second-order valence-corrected chi connectivity index (χ2v) is 4.00. The summed E-state index contributed by atoms with van der Waals surface area (Å²) in [6, 6.07) is 6.02. The van der Waals surface area contributed by atoms with Gasteiger partial charge in [0.1, 0.15) is 0 Å². The summed E-state index contributed by atoms with van der Waals surface area (Å²) in [5, 5.41) is 8.77. The number of benzene rings is 1. The molecule has 1 aromatic carbocycles. The second-order valence-electron chi connectivity index (χ2n) is 2.48. The predicted molar refractivity (Wildman–Crippen MR) is 58.2 cm³/mol. The van der Waals surface area contributed by atoms with Crippen LogP contribution in [0.25, 0.3) is 0 Å². The molecule has 0 aliphatic rings. The predicted octanol–water partition coefficient (Wildman–Crippen LogP) is 3.21. The molecular weight excluding hydrogens is 284 g/mol. The van der Waals surface area contributed by atoms with Crippen molar-refractivity contribution in [2.75, 3.05) is 0 Å². The molecule has 62 valence electrons. The van der Waals surface area contributed by atoms with Crippen LogP contribution in [0.1, 0.15) is 16.7 Å². The van der Waals surface area contributed by atoms with Crippen LogP contribution >= 0.6 is 34.2 Å². The Hall–Kier alpha value is -0.270. The molecule has 1 aromatic rings. The third kappa shape index (κ3) is 1.90. The van der Waals surface area contributed by atoms with Gasteiger partial charge in [-0.2, -0.15) is 5.26 Å². The molecule has 12 heavy (non-hydrogen) atoms. The smallest absolute Gasteiger partial charge is 0.0994 e. The molecule has 0 atom stereocenters. The van der Waals surface area contributed by atoms with Gasteiger partial charge in [-0.25, -0.2) is 0 Å². The molecule has 1 rings (SSSR count). The maximum Gasteiger partial charge on any atom is 0.0994 e. The largest absolute Gasteiger partial charge is 0.192 e. The summed E-state index contributed by atoms with van der Waals surface area (Å²) in [5.41, 5.74) is 2.76. The number of nitriles is 1. The number of rotatable bonds is 1. The van der Waals surface area contributed by atoms with E-state index in [1.165, 1.54) is 0 Å². The van der Waals surface area contributed by atoms with Crippen molar-refractivity contribution in [3.63, 3.8) is 0 Å². The van der Waals surface area contributed by atoms with Gasteiger partial charge >= 0.3 is 0 Å². The van der Waals surface area contributed by atoms with Crippen molar-refractivity contribution < 1.29 is 0 Å². The van der Waals surface area contributed by atoms with Crippen molar-refractivity contribution in [1.82, 2.24) is 0 Å². The van der Waals surface area contributed by atoms with Crippen LogP contribution in [0.4, 0.5) is 0 Å². The zero-order valence-corrected chi connectivity index (χ0v) is 9.48. The van der Waals surface area contributed by atoms with Crippen molar-refractivity contribution in [2.45, 2.75) is 12.8 Å². The molecule has 0 bridgehead atoms. The SMILES string of the molecule is Cc1c(C#N)cc(I)cc1CCl. The minimum absolute atomic E-state index is 0.470. The van der Waals surface area contributed by atoms with Crippen LogP contribution in [0.15, 0.2) is 12.1 Å².